The molecule has 0 saturated carbocycles. The van der Waals surface area contributed by atoms with Gasteiger partial charge in [-0.05, 0) is 46.3 Å². The number of ether oxygens (including phenoxy) is 2. The van der Waals surface area contributed by atoms with Crippen LogP contribution in [0.3, 0.4) is 0 Å². The van der Waals surface area contributed by atoms with E-state index in [0.29, 0.717) is 10.7 Å². The van der Waals surface area contributed by atoms with E-state index in [9.17, 15) is 0 Å². The van der Waals surface area contributed by atoms with Crippen LogP contribution in [0.4, 0.5) is 5.69 Å². The fourth-order valence-electron chi connectivity index (χ4n) is 1.84. The topological polar surface area (TPSA) is 44.5 Å². The average Bonchev–Trinajstić information content (AvgIpc) is 2.47. The highest BCUT2D eigenvalue weighted by Crippen LogP contribution is 2.37. The van der Waals surface area contributed by atoms with Crippen molar-refractivity contribution < 1.29 is 9.47 Å². The maximum atomic E-state index is 5.97. The molecule has 0 unspecified atom stereocenters. The van der Waals surface area contributed by atoms with Crippen LogP contribution >= 0.6 is 39.3 Å². The lowest BCUT2D eigenvalue weighted by atomic mass is 10.2. The summed E-state index contributed by atoms with van der Waals surface area (Å²) in [4.78, 5) is 0.989. The number of halogens is 2. The molecule has 0 saturated heterocycles. The third-order valence-corrected chi connectivity index (χ3v) is 4.90. The minimum Gasteiger partial charge on any atom is -0.496 e. The largest absolute Gasteiger partial charge is 0.496 e. The zero-order valence-corrected chi connectivity index (χ0v) is 14.8. The van der Waals surface area contributed by atoms with Gasteiger partial charge in [-0.2, -0.15) is 0 Å². The van der Waals surface area contributed by atoms with Crippen molar-refractivity contribution in [3.63, 3.8) is 0 Å². The van der Waals surface area contributed by atoms with Crippen LogP contribution in [0.25, 0.3) is 0 Å². The highest BCUT2D eigenvalue weighted by Gasteiger charge is 2.11. The first-order chi connectivity index (χ1) is 10.0. The summed E-state index contributed by atoms with van der Waals surface area (Å²) < 4.78 is 11.6. The van der Waals surface area contributed by atoms with Crippen LogP contribution in [-0.2, 0) is 5.75 Å². The van der Waals surface area contributed by atoms with Gasteiger partial charge in [-0.3, -0.25) is 0 Å². The van der Waals surface area contributed by atoms with Crippen LogP contribution in [0, 0.1) is 0 Å². The van der Waals surface area contributed by atoms with Gasteiger partial charge in [-0.15, -0.1) is 11.8 Å². The van der Waals surface area contributed by atoms with E-state index in [4.69, 9.17) is 26.8 Å². The Morgan fingerprint density at radius 3 is 2.48 bits per heavy atom. The molecule has 2 N–H and O–H groups in total. The summed E-state index contributed by atoms with van der Waals surface area (Å²) in [5.74, 6) is 2.30. The Hall–Kier alpha value is -1.04. The van der Waals surface area contributed by atoms with E-state index in [1.165, 1.54) is 0 Å². The molecular weight excluding hydrogens is 374 g/mol. The van der Waals surface area contributed by atoms with Crippen molar-refractivity contribution in [3.05, 3.63) is 45.4 Å². The lowest BCUT2D eigenvalue weighted by molar-refractivity contribution is 0.398. The van der Waals surface area contributed by atoms with Crippen LogP contribution in [0.2, 0.25) is 5.02 Å². The van der Waals surface area contributed by atoms with E-state index in [2.05, 4.69) is 15.9 Å². The van der Waals surface area contributed by atoms with Gasteiger partial charge in [0.2, 0.25) is 0 Å². The number of rotatable bonds is 5. The van der Waals surface area contributed by atoms with E-state index in [1.54, 1.807) is 32.0 Å². The molecule has 0 aliphatic heterocycles. The molecule has 0 amide bonds. The van der Waals surface area contributed by atoms with Gasteiger partial charge in [0.1, 0.15) is 11.5 Å². The van der Waals surface area contributed by atoms with E-state index in [0.717, 1.165) is 32.2 Å². The molecule has 2 rings (SSSR count). The summed E-state index contributed by atoms with van der Waals surface area (Å²) in [5.41, 5.74) is 7.68. The Bertz CT molecular complexity index is 652. The molecule has 0 aromatic heterocycles. The van der Waals surface area contributed by atoms with Gasteiger partial charge in [0.25, 0.3) is 0 Å². The molecule has 2 aromatic carbocycles. The lowest BCUT2D eigenvalue weighted by Gasteiger charge is -2.13. The molecular formula is C15H15BrClNO2S. The maximum absolute atomic E-state index is 5.97. The first-order valence-electron chi connectivity index (χ1n) is 6.13. The van der Waals surface area contributed by atoms with Gasteiger partial charge in [0, 0.05) is 26.9 Å². The number of methoxy groups -OCH3 is 2. The molecule has 3 nitrogen and oxygen atoms in total. The second-order valence-corrected chi connectivity index (χ2v) is 6.58. The van der Waals surface area contributed by atoms with Gasteiger partial charge >= 0.3 is 0 Å². The molecule has 6 heteroatoms. The van der Waals surface area contributed by atoms with Crippen molar-refractivity contribution in [3.8, 4) is 11.5 Å². The highest BCUT2D eigenvalue weighted by atomic mass is 79.9. The monoisotopic (exact) mass is 387 g/mol. The average molecular weight is 389 g/mol. The first kappa shape index (κ1) is 16.3. The molecule has 0 radical (unpaired) electrons. The minimum atomic E-state index is 0.639. The second-order valence-electron chi connectivity index (χ2n) is 4.27. The van der Waals surface area contributed by atoms with E-state index in [1.807, 2.05) is 24.3 Å². The molecule has 0 aliphatic carbocycles. The number of anilines is 1. The molecule has 0 aliphatic rings. The van der Waals surface area contributed by atoms with Gasteiger partial charge < -0.3 is 15.2 Å². The summed E-state index contributed by atoms with van der Waals surface area (Å²) in [6, 6.07) is 9.37. The third kappa shape index (κ3) is 3.99. The van der Waals surface area contributed by atoms with E-state index < -0.39 is 0 Å². The summed E-state index contributed by atoms with van der Waals surface area (Å²) in [7, 11) is 3.29. The fourth-order valence-corrected chi connectivity index (χ4v) is 3.43. The standard InChI is InChI=1S/C15H15BrClNO2S/c1-19-13-7-11(16)14(20-2)5-9(13)8-21-15-4-3-10(17)6-12(15)18/h3-7H,8,18H2,1-2H3. The summed E-state index contributed by atoms with van der Waals surface area (Å²) in [5, 5.41) is 0.639. The molecule has 21 heavy (non-hydrogen) atoms. The van der Waals surface area contributed by atoms with Crippen LogP contribution in [-0.4, -0.2) is 14.2 Å². The predicted molar refractivity (Wildman–Crippen MR) is 92.7 cm³/mol. The van der Waals surface area contributed by atoms with Crippen LogP contribution < -0.4 is 15.2 Å². The smallest absolute Gasteiger partial charge is 0.133 e. The van der Waals surface area contributed by atoms with Crippen molar-refractivity contribution in [1.29, 1.82) is 0 Å². The van der Waals surface area contributed by atoms with E-state index >= 15 is 0 Å². The maximum Gasteiger partial charge on any atom is 0.133 e. The SMILES string of the molecule is COc1cc(CSc2ccc(Cl)cc2N)c(OC)cc1Br. The van der Waals surface area contributed by atoms with Crippen molar-refractivity contribution in [2.24, 2.45) is 0 Å². The third-order valence-electron chi connectivity index (χ3n) is 2.91. The van der Waals surface area contributed by atoms with Crippen molar-refractivity contribution >= 4 is 45.0 Å². The minimum absolute atomic E-state index is 0.639. The van der Waals surface area contributed by atoms with Gasteiger partial charge in [-0.25, -0.2) is 0 Å². The van der Waals surface area contributed by atoms with Crippen LogP contribution in [0.15, 0.2) is 39.7 Å². The summed E-state index contributed by atoms with van der Waals surface area (Å²) >= 11 is 11.0. The van der Waals surface area contributed by atoms with Crippen molar-refractivity contribution in [2.75, 3.05) is 20.0 Å². The van der Waals surface area contributed by atoms with Crippen molar-refractivity contribution in [2.45, 2.75) is 10.6 Å². The fraction of sp³-hybridized carbons (Fsp3) is 0.200. The molecule has 0 atom stereocenters. The molecule has 0 bridgehead atoms. The highest BCUT2D eigenvalue weighted by molar-refractivity contribution is 9.10. The first-order valence-corrected chi connectivity index (χ1v) is 8.29. The number of hydrogen-bond donors (Lipinski definition) is 1. The van der Waals surface area contributed by atoms with Crippen molar-refractivity contribution in [1.82, 2.24) is 0 Å². The molecule has 112 valence electrons. The second kappa shape index (κ2) is 7.29. The number of benzene rings is 2. The number of hydrogen-bond acceptors (Lipinski definition) is 4. The zero-order chi connectivity index (χ0) is 15.4. The van der Waals surface area contributed by atoms with Gasteiger partial charge in [0.15, 0.2) is 0 Å². The Kier molecular flexibility index (Phi) is 5.67. The summed E-state index contributed by atoms with van der Waals surface area (Å²) in [6.45, 7) is 0. The Balaban J connectivity index is 2.22. The Morgan fingerprint density at radius 2 is 1.86 bits per heavy atom. The predicted octanol–water partition coefficient (Wildman–Crippen LogP) is 4.99. The van der Waals surface area contributed by atoms with Gasteiger partial charge in [0.05, 0.1) is 18.7 Å². The number of nitrogen functional groups attached to an aromatic ring is 1. The Morgan fingerprint density at radius 1 is 1.14 bits per heavy atom. The zero-order valence-electron chi connectivity index (χ0n) is 11.7. The molecule has 0 heterocycles. The van der Waals surface area contributed by atoms with Crippen LogP contribution in [0.5, 0.6) is 11.5 Å². The quantitative estimate of drug-likeness (QED) is 0.578. The molecule has 2 aromatic rings. The lowest BCUT2D eigenvalue weighted by Crippen LogP contribution is -1.94. The van der Waals surface area contributed by atoms with Gasteiger partial charge in [-0.1, -0.05) is 11.6 Å². The molecule has 0 spiro atoms. The normalized spacial score (nSPS) is 10.5. The number of nitrogens with two attached hydrogens (primary N) is 1. The Labute approximate surface area is 141 Å². The molecule has 0 fully saturated rings. The summed E-state index contributed by atoms with van der Waals surface area (Å²) in [6.07, 6.45) is 0. The number of thioether (sulfide) groups is 1. The van der Waals surface area contributed by atoms with E-state index in [-0.39, 0.29) is 0 Å². The van der Waals surface area contributed by atoms with Crippen LogP contribution in [0.1, 0.15) is 5.56 Å².